The van der Waals surface area contributed by atoms with Gasteiger partial charge in [-0.2, -0.15) is 5.10 Å². The summed E-state index contributed by atoms with van der Waals surface area (Å²) in [6, 6.07) is 2.08. The van der Waals surface area contributed by atoms with Crippen LogP contribution < -0.4 is 0 Å². The molecule has 1 atom stereocenters. The van der Waals surface area contributed by atoms with E-state index in [-0.39, 0.29) is 24.4 Å². The molecular weight excluding hydrogens is 358 g/mol. The summed E-state index contributed by atoms with van der Waals surface area (Å²) in [5.41, 5.74) is 0.304. The van der Waals surface area contributed by atoms with Gasteiger partial charge in [0.05, 0.1) is 6.20 Å². The zero-order valence-corrected chi connectivity index (χ0v) is 16.7. The Bertz CT molecular complexity index is 767. The molecule has 2 aromatic rings. The van der Waals surface area contributed by atoms with Crippen molar-refractivity contribution in [2.45, 2.75) is 58.7 Å². The first-order valence-electron chi connectivity index (χ1n) is 10.1. The van der Waals surface area contributed by atoms with Gasteiger partial charge in [0.2, 0.25) is 5.91 Å². The van der Waals surface area contributed by atoms with Crippen molar-refractivity contribution in [1.29, 1.82) is 0 Å². The average molecular weight is 387 g/mol. The lowest BCUT2D eigenvalue weighted by Gasteiger charge is -2.35. The molecule has 1 aliphatic heterocycles. The highest BCUT2D eigenvalue weighted by Crippen LogP contribution is 2.22. The van der Waals surface area contributed by atoms with Gasteiger partial charge in [-0.25, -0.2) is 4.68 Å². The van der Waals surface area contributed by atoms with E-state index in [4.69, 9.17) is 0 Å². The third-order valence-electron chi connectivity index (χ3n) is 5.31. The Labute approximate surface area is 165 Å². The zero-order chi connectivity index (χ0) is 19.9. The third kappa shape index (κ3) is 4.76. The lowest BCUT2D eigenvalue weighted by atomic mass is 9.99. The summed E-state index contributed by atoms with van der Waals surface area (Å²) in [7, 11) is 0. The first kappa shape index (κ1) is 20.0. The number of aromatic nitrogens is 5. The molecule has 0 saturated carbocycles. The fraction of sp³-hybridized carbons (Fsp3) is 0.632. The van der Waals surface area contributed by atoms with Crippen LogP contribution in [0.1, 0.15) is 50.0 Å². The molecule has 3 rings (SSSR count). The first-order chi connectivity index (χ1) is 13.6. The smallest absolute Gasteiger partial charge is 0.276 e. The Kier molecular flexibility index (Phi) is 6.78. The summed E-state index contributed by atoms with van der Waals surface area (Å²) in [5, 5.41) is 12.3. The molecule has 0 N–H and O–H groups in total. The number of carbonyl (C=O) groups is 2. The van der Waals surface area contributed by atoms with Crippen LogP contribution in [0.4, 0.5) is 0 Å². The Morgan fingerprint density at radius 1 is 1.21 bits per heavy atom. The number of carbonyl (C=O) groups excluding carboxylic acids is 2. The summed E-state index contributed by atoms with van der Waals surface area (Å²) in [6.07, 6.45) is 9.26. The van der Waals surface area contributed by atoms with Gasteiger partial charge in [0.15, 0.2) is 5.69 Å². The molecule has 1 unspecified atom stereocenters. The Morgan fingerprint density at radius 3 is 2.75 bits per heavy atom. The third-order valence-corrected chi connectivity index (χ3v) is 5.31. The lowest BCUT2D eigenvalue weighted by Crippen LogP contribution is -2.44. The number of likely N-dealkylation sites (tertiary alicyclic amines) is 1. The number of aryl methyl sites for hydroxylation is 1. The van der Waals surface area contributed by atoms with Crippen LogP contribution in [0.2, 0.25) is 0 Å². The van der Waals surface area contributed by atoms with E-state index < -0.39 is 0 Å². The van der Waals surface area contributed by atoms with E-state index >= 15 is 0 Å². The molecule has 152 valence electrons. The van der Waals surface area contributed by atoms with Gasteiger partial charge in [-0.15, -0.1) is 5.10 Å². The van der Waals surface area contributed by atoms with E-state index in [1.807, 2.05) is 35.7 Å². The highest BCUT2D eigenvalue weighted by atomic mass is 16.2. The number of nitrogens with zero attached hydrogens (tertiary/aromatic N) is 7. The van der Waals surface area contributed by atoms with Crippen LogP contribution in [0.5, 0.6) is 0 Å². The van der Waals surface area contributed by atoms with E-state index in [2.05, 4.69) is 15.4 Å². The van der Waals surface area contributed by atoms with Gasteiger partial charge in [-0.3, -0.25) is 14.3 Å². The summed E-state index contributed by atoms with van der Waals surface area (Å²) >= 11 is 0. The highest BCUT2D eigenvalue weighted by Gasteiger charge is 2.29. The molecule has 28 heavy (non-hydrogen) atoms. The zero-order valence-electron chi connectivity index (χ0n) is 16.7. The van der Waals surface area contributed by atoms with Crippen molar-refractivity contribution in [3.63, 3.8) is 0 Å². The summed E-state index contributed by atoms with van der Waals surface area (Å²) < 4.78 is 3.35. The molecule has 0 aliphatic carbocycles. The van der Waals surface area contributed by atoms with Gasteiger partial charge in [-0.1, -0.05) is 5.21 Å². The summed E-state index contributed by atoms with van der Waals surface area (Å²) in [5.74, 6) is -0.129. The van der Waals surface area contributed by atoms with Crippen LogP contribution in [-0.2, 0) is 17.9 Å². The Hall–Kier alpha value is -2.71. The van der Waals surface area contributed by atoms with Crippen molar-refractivity contribution in [3.05, 3.63) is 30.4 Å². The monoisotopic (exact) mass is 387 g/mol. The van der Waals surface area contributed by atoms with Crippen molar-refractivity contribution in [3.8, 4) is 0 Å². The van der Waals surface area contributed by atoms with Crippen LogP contribution in [0.3, 0.4) is 0 Å². The molecule has 0 aromatic carbocycles. The van der Waals surface area contributed by atoms with Crippen molar-refractivity contribution in [2.75, 3.05) is 19.6 Å². The maximum absolute atomic E-state index is 13.0. The topological polar surface area (TPSA) is 89.2 Å². The second-order valence-corrected chi connectivity index (χ2v) is 7.07. The summed E-state index contributed by atoms with van der Waals surface area (Å²) in [4.78, 5) is 28.9. The second-order valence-electron chi connectivity index (χ2n) is 7.07. The number of piperidine rings is 1. The minimum Gasteiger partial charge on any atom is -0.342 e. The molecule has 0 radical (unpaired) electrons. The van der Waals surface area contributed by atoms with Crippen LogP contribution >= 0.6 is 0 Å². The first-order valence-corrected chi connectivity index (χ1v) is 10.1. The Balaban J connectivity index is 1.63. The fourth-order valence-electron chi connectivity index (χ4n) is 3.72. The highest BCUT2D eigenvalue weighted by molar-refractivity contribution is 5.92. The molecule has 1 aliphatic rings. The second kappa shape index (κ2) is 9.48. The summed E-state index contributed by atoms with van der Waals surface area (Å²) in [6.45, 7) is 6.81. The molecule has 3 heterocycles. The van der Waals surface area contributed by atoms with Crippen LogP contribution in [0, 0.1) is 0 Å². The maximum atomic E-state index is 13.0. The molecular formula is C19H29N7O2. The van der Waals surface area contributed by atoms with Gasteiger partial charge in [0.1, 0.15) is 6.54 Å². The van der Waals surface area contributed by atoms with Crippen molar-refractivity contribution in [1.82, 2.24) is 34.6 Å². The molecule has 9 nitrogen and oxygen atoms in total. The molecule has 1 saturated heterocycles. The van der Waals surface area contributed by atoms with Gasteiger partial charge < -0.3 is 9.80 Å². The van der Waals surface area contributed by atoms with Crippen molar-refractivity contribution in [2.24, 2.45) is 0 Å². The largest absolute Gasteiger partial charge is 0.342 e. The maximum Gasteiger partial charge on any atom is 0.276 e. The fourth-order valence-corrected chi connectivity index (χ4v) is 3.72. The lowest BCUT2D eigenvalue weighted by molar-refractivity contribution is -0.131. The number of hydrogen-bond acceptors (Lipinski definition) is 5. The normalized spacial score (nSPS) is 16.9. The minimum absolute atomic E-state index is 0.0241. The standard InChI is InChI=1S/C19H29N7O2/c1-3-23(4-2)18(27)15-25-14-17(21-22-25)19(28)26-12-6-5-8-16(26)9-13-24-11-7-10-20-24/h7,10-11,14,16H,3-6,8-9,12-13,15H2,1-2H3. The predicted octanol–water partition coefficient (Wildman–Crippen LogP) is 1.43. The molecule has 9 heteroatoms. The number of amides is 2. The molecule has 2 aromatic heterocycles. The number of likely N-dealkylation sites (N-methyl/N-ethyl adjacent to an activating group) is 1. The average Bonchev–Trinajstić information content (AvgIpc) is 3.39. The van der Waals surface area contributed by atoms with Crippen LogP contribution in [0.15, 0.2) is 24.7 Å². The van der Waals surface area contributed by atoms with Crippen molar-refractivity contribution < 1.29 is 9.59 Å². The number of rotatable bonds is 8. The van der Waals surface area contributed by atoms with E-state index in [1.165, 1.54) is 4.68 Å². The van der Waals surface area contributed by atoms with E-state index in [0.717, 1.165) is 38.8 Å². The Morgan fingerprint density at radius 2 is 2.04 bits per heavy atom. The van der Waals surface area contributed by atoms with E-state index in [0.29, 0.717) is 18.8 Å². The van der Waals surface area contributed by atoms with Crippen molar-refractivity contribution >= 4 is 11.8 Å². The molecule has 0 bridgehead atoms. The van der Waals surface area contributed by atoms with Crippen LogP contribution in [-0.4, -0.2) is 72.1 Å². The molecule has 2 amide bonds. The SMILES string of the molecule is CCN(CC)C(=O)Cn1cc(C(=O)N2CCCCC2CCn2cccn2)nn1. The molecule has 0 spiro atoms. The molecule has 1 fully saturated rings. The van der Waals surface area contributed by atoms with E-state index in [9.17, 15) is 9.59 Å². The predicted molar refractivity (Wildman–Crippen MR) is 103 cm³/mol. The van der Waals surface area contributed by atoms with Gasteiger partial charge in [-0.05, 0) is 45.6 Å². The van der Waals surface area contributed by atoms with Crippen LogP contribution in [0.25, 0.3) is 0 Å². The van der Waals surface area contributed by atoms with Gasteiger partial charge in [0, 0.05) is 44.6 Å². The number of hydrogen-bond donors (Lipinski definition) is 0. The van der Waals surface area contributed by atoms with E-state index in [1.54, 1.807) is 17.3 Å². The van der Waals surface area contributed by atoms with Gasteiger partial charge >= 0.3 is 0 Å². The van der Waals surface area contributed by atoms with Gasteiger partial charge in [0.25, 0.3) is 5.91 Å². The quantitative estimate of drug-likeness (QED) is 0.684. The minimum atomic E-state index is -0.105.